The van der Waals surface area contributed by atoms with Crippen LogP contribution in [0.2, 0.25) is 0 Å². The number of hydrogen-bond donors (Lipinski definition) is 1. The Balaban J connectivity index is 1.96. The van der Waals surface area contributed by atoms with Crippen molar-refractivity contribution in [3.8, 4) is 0 Å². The zero-order valence-electron chi connectivity index (χ0n) is 7.43. The standard InChI is InChI=1S/C9H9N3O2/c13-9-11-7-5-12(9)3-1-6(7)8-10-2-4-14-8/h1-2,4,7H,3,5H2,(H,11,13). The molecule has 0 spiro atoms. The Morgan fingerprint density at radius 1 is 1.64 bits per heavy atom. The number of oxazole rings is 1. The van der Waals surface area contributed by atoms with Crippen LogP contribution in [0.3, 0.4) is 0 Å². The molecule has 72 valence electrons. The average molecular weight is 191 g/mol. The van der Waals surface area contributed by atoms with E-state index in [0.29, 0.717) is 19.0 Å². The van der Waals surface area contributed by atoms with Gasteiger partial charge >= 0.3 is 6.03 Å². The molecule has 0 saturated carbocycles. The molecule has 0 radical (unpaired) electrons. The molecule has 2 bridgehead atoms. The van der Waals surface area contributed by atoms with Crippen LogP contribution < -0.4 is 5.32 Å². The predicted octanol–water partition coefficient (Wildman–Crippen LogP) is 0.465. The lowest BCUT2D eigenvalue weighted by atomic mass is 10.1. The van der Waals surface area contributed by atoms with Crippen molar-refractivity contribution in [2.75, 3.05) is 13.1 Å². The van der Waals surface area contributed by atoms with Gasteiger partial charge in [-0.3, -0.25) is 0 Å². The topological polar surface area (TPSA) is 58.4 Å². The third-order valence-corrected chi connectivity index (χ3v) is 2.57. The van der Waals surface area contributed by atoms with Crippen LogP contribution in [0.25, 0.3) is 5.57 Å². The van der Waals surface area contributed by atoms with E-state index < -0.39 is 0 Å². The maximum absolute atomic E-state index is 11.3. The second kappa shape index (κ2) is 2.60. The van der Waals surface area contributed by atoms with Crippen molar-refractivity contribution in [1.82, 2.24) is 15.2 Å². The molecule has 1 unspecified atom stereocenters. The molecule has 1 aromatic rings. The van der Waals surface area contributed by atoms with Crippen LogP contribution in [-0.2, 0) is 0 Å². The average Bonchev–Trinajstić information content (AvgIpc) is 2.78. The Morgan fingerprint density at radius 2 is 2.57 bits per heavy atom. The fourth-order valence-corrected chi connectivity index (χ4v) is 1.88. The lowest BCUT2D eigenvalue weighted by Crippen LogP contribution is -2.29. The van der Waals surface area contributed by atoms with E-state index in [0.717, 1.165) is 5.57 Å². The van der Waals surface area contributed by atoms with Crippen molar-refractivity contribution in [2.24, 2.45) is 0 Å². The van der Waals surface area contributed by atoms with Gasteiger partial charge in [0.25, 0.3) is 0 Å². The van der Waals surface area contributed by atoms with Crippen molar-refractivity contribution >= 4 is 11.6 Å². The van der Waals surface area contributed by atoms with Crippen molar-refractivity contribution in [1.29, 1.82) is 0 Å². The Labute approximate surface area is 80.4 Å². The van der Waals surface area contributed by atoms with Crippen LogP contribution >= 0.6 is 0 Å². The summed E-state index contributed by atoms with van der Waals surface area (Å²) in [6.45, 7) is 1.35. The van der Waals surface area contributed by atoms with E-state index in [1.54, 1.807) is 17.4 Å². The highest BCUT2D eigenvalue weighted by Crippen LogP contribution is 2.25. The first kappa shape index (κ1) is 7.61. The molecular weight excluding hydrogens is 182 g/mol. The lowest BCUT2D eigenvalue weighted by Gasteiger charge is -2.18. The van der Waals surface area contributed by atoms with Crippen molar-refractivity contribution in [3.05, 3.63) is 24.4 Å². The summed E-state index contributed by atoms with van der Waals surface area (Å²) in [7, 11) is 0. The van der Waals surface area contributed by atoms with Crippen molar-refractivity contribution < 1.29 is 9.21 Å². The minimum absolute atomic E-state index is 0.00666. The molecule has 2 amide bonds. The maximum atomic E-state index is 11.3. The van der Waals surface area contributed by atoms with Crippen molar-refractivity contribution in [3.63, 3.8) is 0 Å². The second-order valence-electron chi connectivity index (χ2n) is 3.40. The summed E-state index contributed by atoms with van der Waals surface area (Å²) in [5.74, 6) is 0.608. The molecule has 3 rings (SSSR count). The monoisotopic (exact) mass is 191 g/mol. The summed E-state index contributed by atoms with van der Waals surface area (Å²) in [6, 6.07) is 0.0303. The van der Waals surface area contributed by atoms with Gasteiger partial charge in [0, 0.05) is 18.7 Å². The van der Waals surface area contributed by atoms with E-state index in [-0.39, 0.29) is 12.1 Å². The van der Waals surface area contributed by atoms with E-state index in [4.69, 9.17) is 4.42 Å². The number of hydrogen-bond acceptors (Lipinski definition) is 3. The van der Waals surface area contributed by atoms with Crippen LogP contribution in [-0.4, -0.2) is 35.0 Å². The molecule has 2 aliphatic heterocycles. The molecule has 3 heterocycles. The highest BCUT2D eigenvalue weighted by molar-refractivity contribution is 5.84. The van der Waals surface area contributed by atoms with E-state index in [2.05, 4.69) is 10.3 Å². The fourth-order valence-electron chi connectivity index (χ4n) is 1.88. The van der Waals surface area contributed by atoms with E-state index in [1.807, 2.05) is 6.08 Å². The van der Waals surface area contributed by atoms with Crippen LogP contribution in [0.15, 0.2) is 23.0 Å². The first-order valence-electron chi connectivity index (χ1n) is 4.50. The minimum atomic E-state index is -0.00666. The highest BCUT2D eigenvalue weighted by atomic mass is 16.3. The molecule has 5 heteroatoms. The van der Waals surface area contributed by atoms with Crippen LogP contribution in [0.1, 0.15) is 5.89 Å². The maximum Gasteiger partial charge on any atom is 0.318 e. The van der Waals surface area contributed by atoms with E-state index in [1.165, 1.54) is 0 Å². The number of carbonyl (C=O) groups is 1. The summed E-state index contributed by atoms with van der Waals surface area (Å²) in [4.78, 5) is 17.1. The Morgan fingerprint density at radius 3 is 3.36 bits per heavy atom. The first-order valence-corrected chi connectivity index (χ1v) is 4.50. The lowest BCUT2D eigenvalue weighted by molar-refractivity contribution is 0.221. The third kappa shape index (κ3) is 0.951. The Bertz CT molecular complexity index is 396. The zero-order valence-corrected chi connectivity index (χ0v) is 7.43. The molecule has 1 aromatic heterocycles. The van der Waals surface area contributed by atoms with Gasteiger partial charge in [0.05, 0.1) is 12.2 Å². The molecule has 14 heavy (non-hydrogen) atoms. The smallest absolute Gasteiger partial charge is 0.318 e. The minimum Gasteiger partial charge on any atom is -0.445 e. The summed E-state index contributed by atoms with van der Waals surface area (Å²) in [6.07, 6.45) is 5.14. The first-order chi connectivity index (χ1) is 6.84. The number of fused-ring (bicyclic) bond motifs is 2. The summed E-state index contributed by atoms with van der Waals surface area (Å²) < 4.78 is 5.21. The van der Waals surface area contributed by atoms with Gasteiger partial charge in [-0.05, 0) is 0 Å². The Kier molecular flexibility index (Phi) is 1.41. The predicted molar refractivity (Wildman–Crippen MR) is 48.4 cm³/mol. The zero-order chi connectivity index (χ0) is 9.54. The molecule has 1 atom stereocenters. The number of nitrogens with zero attached hydrogens (tertiary/aromatic N) is 2. The largest absolute Gasteiger partial charge is 0.445 e. The molecule has 1 N–H and O–H groups in total. The number of aromatic nitrogens is 1. The third-order valence-electron chi connectivity index (χ3n) is 2.57. The quantitative estimate of drug-likeness (QED) is 0.701. The van der Waals surface area contributed by atoms with Gasteiger partial charge in [-0.15, -0.1) is 0 Å². The number of urea groups is 1. The molecular formula is C9H9N3O2. The van der Waals surface area contributed by atoms with Crippen LogP contribution in [0.5, 0.6) is 0 Å². The van der Waals surface area contributed by atoms with Gasteiger partial charge in [0.2, 0.25) is 5.89 Å². The molecule has 0 aromatic carbocycles. The fraction of sp³-hybridized carbons (Fsp3) is 0.333. The van der Waals surface area contributed by atoms with Crippen molar-refractivity contribution in [2.45, 2.75) is 6.04 Å². The molecule has 1 saturated heterocycles. The van der Waals surface area contributed by atoms with Gasteiger partial charge in [0.1, 0.15) is 6.26 Å². The number of amides is 2. The van der Waals surface area contributed by atoms with Gasteiger partial charge in [-0.2, -0.15) is 0 Å². The van der Waals surface area contributed by atoms with Gasteiger partial charge in [-0.25, -0.2) is 9.78 Å². The Hall–Kier alpha value is -1.78. The molecule has 5 nitrogen and oxygen atoms in total. The SMILES string of the molecule is O=C1NC2CN1CC=C2c1ncco1. The van der Waals surface area contributed by atoms with Gasteiger partial charge in [-0.1, -0.05) is 6.08 Å². The summed E-state index contributed by atoms with van der Waals surface area (Å²) in [5, 5.41) is 2.87. The van der Waals surface area contributed by atoms with Crippen LogP contribution in [0.4, 0.5) is 4.79 Å². The number of carbonyl (C=O) groups excluding carboxylic acids is 1. The second-order valence-corrected chi connectivity index (χ2v) is 3.40. The molecule has 0 aliphatic carbocycles. The van der Waals surface area contributed by atoms with Gasteiger partial charge < -0.3 is 14.6 Å². The van der Waals surface area contributed by atoms with Crippen LogP contribution in [0, 0.1) is 0 Å². The number of rotatable bonds is 1. The van der Waals surface area contributed by atoms with E-state index >= 15 is 0 Å². The highest BCUT2D eigenvalue weighted by Gasteiger charge is 2.35. The van der Waals surface area contributed by atoms with E-state index in [9.17, 15) is 4.79 Å². The van der Waals surface area contributed by atoms with Gasteiger partial charge in [0.15, 0.2) is 0 Å². The molecule has 1 fully saturated rings. The molecule has 2 aliphatic rings. The number of nitrogens with one attached hydrogen (secondary N) is 1. The summed E-state index contributed by atoms with van der Waals surface area (Å²) in [5.41, 5.74) is 0.983. The summed E-state index contributed by atoms with van der Waals surface area (Å²) >= 11 is 0. The normalized spacial score (nSPS) is 24.9.